The third kappa shape index (κ3) is 3.98. The molecule has 1 fully saturated rings. The lowest BCUT2D eigenvalue weighted by Gasteiger charge is -2.15. The maximum atomic E-state index is 12.6. The second-order valence-electron chi connectivity index (χ2n) is 6.55. The minimum Gasteiger partial charge on any atom is -0.493 e. The van der Waals surface area contributed by atoms with Crippen molar-refractivity contribution in [2.75, 3.05) is 19.5 Å². The first-order valence-electron chi connectivity index (χ1n) is 8.89. The average molecular weight is 382 g/mol. The van der Waals surface area contributed by atoms with Crippen LogP contribution in [0.25, 0.3) is 0 Å². The fourth-order valence-corrected chi connectivity index (χ4v) is 3.05. The van der Waals surface area contributed by atoms with Gasteiger partial charge in [-0.3, -0.25) is 19.3 Å². The number of nitrogens with zero attached hydrogens (tertiary/aromatic N) is 1. The second-order valence-corrected chi connectivity index (χ2v) is 6.55. The van der Waals surface area contributed by atoms with Crippen LogP contribution in [0.4, 0.5) is 5.69 Å². The van der Waals surface area contributed by atoms with Gasteiger partial charge in [-0.25, -0.2) is 0 Å². The van der Waals surface area contributed by atoms with Crippen LogP contribution in [0, 0.1) is 6.92 Å². The summed E-state index contributed by atoms with van der Waals surface area (Å²) < 4.78 is 10.5. The van der Waals surface area contributed by atoms with Gasteiger partial charge < -0.3 is 14.8 Å². The van der Waals surface area contributed by atoms with Crippen LogP contribution in [-0.4, -0.2) is 36.8 Å². The molecule has 1 aliphatic heterocycles. The summed E-state index contributed by atoms with van der Waals surface area (Å²) in [5.41, 5.74) is 2.73. The Kier molecular flexibility index (Phi) is 5.63. The van der Waals surface area contributed by atoms with Gasteiger partial charge in [0.15, 0.2) is 11.5 Å². The van der Waals surface area contributed by atoms with Crippen molar-refractivity contribution in [2.45, 2.75) is 26.3 Å². The van der Waals surface area contributed by atoms with Gasteiger partial charge in [0.1, 0.15) is 0 Å². The number of carbonyl (C=O) groups excluding carboxylic acids is 3. The standard InChI is InChI=1S/C21H22N2O5/c1-13-10-17(27-2)18(28-3)11-16(13)22-21(26)15-6-4-14(5-7-15)12-23-19(24)8-9-20(23)25/h4-7,10-11H,8-9,12H2,1-3H3,(H,22,26). The molecule has 0 radical (unpaired) electrons. The lowest BCUT2D eigenvalue weighted by atomic mass is 10.1. The highest BCUT2D eigenvalue weighted by atomic mass is 16.5. The number of nitrogens with one attached hydrogen (secondary N) is 1. The first-order chi connectivity index (χ1) is 13.4. The van der Waals surface area contributed by atoms with E-state index in [0.717, 1.165) is 11.1 Å². The summed E-state index contributed by atoms with van der Waals surface area (Å²) in [4.78, 5) is 37.3. The molecule has 1 heterocycles. The van der Waals surface area contributed by atoms with Crippen LogP contribution in [-0.2, 0) is 16.1 Å². The SMILES string of the molecule is COc1cc(C)c(NC(=O)c2ccc(CN3C(=O)CCC3=O)cc2)cc1OC. The van der Waals surface area contributed by atoms with Gasteiger partial charge >= 0.3 is 0 Å². The number of hydrogen-bond donors (Lipinski definition) is 1. The lowest BCUT2D eigenvalue weighted by Crippen LogP contribution is -2.28. The molecule has 1 aliphatic rings. The van der Waals surface area contributed by atoms with Crippen molar-refractivity contribution in [2.24, 2.45) is 0 Å². The molecule has 28 heavy (non-hydrogen) atoms. The smallest absolute Gasteiger partial charge is 0.255 e. The average Bonchev–Trinajstić information content (AvgIpc) is 3.01. The molecule has 0 aromatic heterocycles. The molecule has 7 heteroatoms. The molecule has 7 nitrogen and oxygen atoms in total. The number of ether oxygens (including phenoxy) is 2. The molecular formula is C21H22N2O5. The number of carbonyl (C=O) groups is 3. The fraction of sp³-hybridized carbons (Fsp3) is 0.286. The second kappa shape index (κ2) is 8.12. The molecule has 0 atom stereocenters. The summed E-state index contributed by atoms with van der Waals surface area (Å²) >= 11 is 0. The van der Waals surface area contributed by atoms with Gasteiger partial charge in [-0.05, 0) is 36.2 Å². The zero-order valence-electron chi connectivity index (χ0n) is 16.1. The van der Waals surface area contributed by atoms with Gasteiger partial charge in [0.2, 0.25) is 11.8 Å². The summed E-state index contributed by atoms with van der Waals surface area (Å²) in [5.74, 6) is 0.536. The van der Waals surface area contributed by atoms with Crippen LogP contribution in [0.15, 0.2) is 36.4 Å². The monoisotopic (exact) mass is 382 g/mol. The van der Waals surface area contributed by atoms with Gasteiger partial charge in [-0.1, -0.05) is 12.1 Å². The first-order valence-corrected chi connectivity index (χ1v) is 8.89. The minimum atomic E-state index is -0.268. The van der Waals surface area contributed by atoms with Crippen molar-refractivity contribution < 1.29 is 23.9 Å². The van der Waals surface area contributed by atoms with Crippen LogP contribution in [0.3, 0.4) is 0 Å². The van der Waals surface area contributed by atoms with E-state index in [2.05, 4.69) is 5.32 Å². The predicted molar refractivity (Wildman–Crippen MR) is 103 cm³/mol. The van der Waals surface area contributed by atoms with Crippen LogP contribution < -0.4 is 14.8 Å². The van der Waals surface area contributed by atoms with Crippen LogP contribution >= 0.6 is 0 Å². The van der Waals surface area contributed by atoms with Crippen LogP contribution in [0.5, 0.6) is 11.5 Å². The molecule has 2 aromatic rings. The summed E-state index contributed by atoms with van der Waals surface area (Å²) in [7, 11) is 3.09. The zero-order chi connectivity index (χ0) is 20.3. The van der Waals surface area contributed by atoms with E-state index in [0.29, 0.717) is 22.7 Å². The molecule has 3 rings (SSSR count). The van der Waals surface area contributed by atoms with Crippen LogP contribution in [0.1, 0.15) is 34.3 Å². The van der Waals surface area contributed by atoms with Gasteiger partial charge in [0.05, 0.1) is 20.8 Å². The molecule has 0 spiro atoms. The Morgan fingerprint density at radius 2 is 1.57 bits per heavy atom. The number of anilines is 1. The van der Waals surface area contributed by atoms with E-state index >= 15 is 0 Å². The number of amides is 3. The Balaban J connectivity index is 1.71. The third-order valence-corrected chi connectivity index (χ3v) is 4.69. The van der Waals surface area contributed by atoms with Gasteiger partial charge in [-0.15, -0.1) is 0 Å². The molecule has 146 valence electrons. The minimum absolute atomic E-state index is 0.157. The Morgan fingerprint density at radius 1 is 1.00 bits per heavy atom. The summed E-state index contributed by atoms with van der Waals surface area (Å²) in [6.45, 7) is 2.10. The molecule has 0 saturated carbocycles. The number of methoxy groups -OCH3 is 2. The van der Waals surface area contributed by atoms with E-state index in [4.69, 9.17) is 9.47 Å². The van der Waals surface area contributed by atoms with E-state index in [1.165, 1.54) is 12.0 Å². The molecule has 0 bridgehead atoms. The number of hydrogen-bond acceptors (Lipinski definition) is 5. The van der Waals surface area contributed by atoms with E-state index in [-0.39, 0.29) is 37.1 Å². The molecule has 1 saturated heterocycles. The number of benzene rings is 2. The molecule has 0 aliphatic carbocycles. The summed E-state index contributed by atoms with van der Waals surface area (Å²) in [5, 5.41) is 2.87. The fourth-order valence-electron chi connectivity index (χ4n) is 3.05. The maximum Gasteiger partial charge on any atom is 0.255 e. The van der Waals surface area contributed by atoms with Gasteiger partial charge in [-0.2, -0.15) is 0 Å². The number of rotatable bonds is 6. The largest absolute Gasteiger partial charge is 0.493 e. The van der Waals surface area contributed by atoms with E-state index in [1.54, 1.807) is 43.5 Å². The Bertz CT molecular complexity index is 905. The molecular weight excluding hydrogens is 360 g/mol. The van der Waals surface area contributed by atoms with Crippen molar-refractivity contribution in [3.8, 4) is 11.5 Å². The summed E-state index contributed by atoms with van der Waals surface area (Å²) in [6.07, 6.45) is 0.536. The number of imide groups is 1. The van der Waals surface area contributed by atoms with Gasteiger partial charge in [0, 0.05) is 30.2 Å². The topological polar surface area (TPSA) is 84.9 Å². The van der Waals surface area contributed by atoms with Crippen molar-refractivity contribution in [3.05, 3.63) is 53.1 Å². The highest BCUT2D eigenvalue weighted by Crippen LogP contribution is 2.33. The maximum absolute atomic E-state index is 12.6. The normalized spacial score (nSPS) is 13.6. The Labute approximate surface area is 163 Å². The highest BCUT2D eigenvalue weighted by Gasteiger charge is 2.28. The Hall–Kier alpha value is -3.35. The van der Waals surface area contributed by atoms with Crippen LogP contribution in [0.2, 0.25) is 0 Å². The number of likely N-dealkylation sites (tertiary alicyclic amines) is 1. The Morgan fingerprint density at radius 3 is 2.14 bits per heavy atom. The molecule has 2 aromatic carbocycles. The van der Waals surface area contributed by atoms with E-state index in [9.17, 15) is 14.4 Å². The van der Waals surface area contributed by atoms with E-state index in [1.807, 2.05) is 6.92 Å². The zero-order valence-corrected chi connectivity index (χ0v) is 16.1. The van der Waals surface area contributed by atoms with Gasteiger partial charge in [0.25, 0.3) is 5.91 Å². The highest BCUT2D eigenvalue weighted by molar-refractivity contribution is 6.05. The van der Waals surface area contributed by atoms with Crippen molar-refractivity contribution in [1.82, 2.24) is 4.90 Å². The predicted octanol–water partition coefficient (Wildman–Crippen LogP) is 2.91. The summed E-state index contributed by atoms with van der Waals surface area (Å²) in [6, 6.07) is 10.3. The quantitative estimate of drug-likeness (QED) is 0.777. The molecule has 1 N–H and O–H groups in total. The first kappa shape index (κ1) is 19.4. The van der Waals surface area contributed by atoms with E-state index < -0.39 is 0 Å². The van der Waals surface area contributed by atoms with Crippen molar-refractivity contribution in [1.29, 1.82) is 0 Å². The molecule has 0 unspecified atom stereocenters. The number of aryl methyl sites for hydroxylation is 1. The molecule has 3 amide bonds. The van der Waals surface area contributed by atoms with Crippen molar-refractivity contribution in [3.63, 3.8) is 0 Å². The van der Waals surface area contributed by atoms with Crippen molar-refractivity contribution >= 4 is 23.4 Å². The lowest BCUT2D eigenvalue weighted by molar-refractivity contribution is -0.139. The third-order valence-electron chi connectivity index (χ3n) is 4.69.